The maximum atomic E-state index is 11.7. The summed E-state index contributed by atoms with van der Waals surface area (Å²) in [5, 5.41) is 0. The zero-order valence-electron chi connectivity index (χ0n) is 12.2. The molecule has 0 aliphatic rings. The van der Waals surface area contributed by atoms with Crippen molar-refractivity contribution in [1.82, 2.24) is 9.55 Å². The Bertz CT molecular complexity index is 604. The van der Waals surface area contributed by atoms with Crippen molar-refractivity contribution in [3.63, 3.8) is 0 Å². The first-order valence-corrected chi connectivity index (χ1v) is 6.88. The van der Waals surface area contributed by atoms with Gasteiger partial charge in [-0.15, -0.1) is 0 Å². The van der Waals surface area contributed by atoms with E-state index in [1.54, 1.807) is 14.0 Å². The Morgan fingerprint density at radius 1 is 1.35 bits per heavy atom. The second-order valence-electron chi connectivity index (χ2n) is 4.52. The molecule has 2 rings (SSSR count). The molecule has 0 aliphatic heterocycles. The van der Waals surface area contributed by atoms with Gasteiger partial charge in [0.2, 0.25) is 0 Å². The lowest BCUT2D eigenvalue weighted by molar-refractivity contribution is -0.142. The van der Waals surface area contributed by atoms with Crippen molar-refractivity contribution >= 4 is 17.0 Å². The third-order valence-corrected chi connectivity index (χ3v) is 3.09. The zero-order chi connectivity index (χ0) is 14.5. The Morgan fingerprint density at radius 3 is 2.80 bits per heavy atom. The number of aromatic nitrogens is 2. The minimum atomic E-state index is -0.243. The third kappa shape index (κ3) is 2.92. The number of methoxy groups -OCH3 is 1. The number of fused-ring (bicyclic) bond motifs is 1. The van der Waals surface area contributed by atoms with Crippen molar-refractivity contribution in [3.05, 3.63) is 24.0 Å². The molecule has 5 heteroatoms. The Labute approximate surface area is 118 Å². The van der Waals surface area contributed by atoms with Gasteiger partial charge in [0.15, 0.2) is 0 Å². The van der Waals surface area contributed by atoms with Gasteiger partial charge < -0.3 is 14.0 Å². The average molecular weight is 276 g/mol. The molecule has 2 aromatic rings. The molecule has 0 radical (unpaired) electrons. The summed E-state index contributed by atoms with van der Waals surface area (Å²) < 4.78 is 12.3. The van der Waals surface area contributed by atoms with E-state index in [9.17, 15) is 4.79 Å². The number of hydrogen-bond donors (Lipinski definition) is 0. The highest BCUT2D eigenvalue weighted by Crippen LogP contribution is 2.22. The van der Waals surface area contributed by atoms with Crippen LogP contribution in [0.25, 0.3) is 11.0 Å². The molecule has 1 aromatic heterocycles. The number of ether oxygens (including phenoxy) is 2. The lowest BCUT2D eigenvalue weighted by Gasteiger charge is -2.07. The summed E-state index contributed by atoms with van der Waals surface area (Å²) in [6.07, 6.45) is 1.18. The van der Waals surface area contributed by atoms with Crippen LogP contribution in [-0.4, -0.2) is 29.2 Å². The lowest BCUT2D eigenvalue weighted by atomic mass is 10.3. The van der Waals surface area contributed by atoms with Crippen LogP contribution in [0.15, 0.2) is 18.2 Å². The molecule has 0 bridgehead atoms. The van der Waals surface area contributed by atoms with E-state index in [-0.39, 0.29) is 12.4 Å². The minimum Gasteiger partial charge on any atom is -0.497 e. The van der Waals surface area contributed by atoms with E-state index in [4.69, 9.17) is 9.47 Å². The van der Waals surface area contributed by atoms with Crippen LogP contribution in [0.4, 0.5) is 0 Å². The van der Waals surface area contributed by atoms with Crippen LogP contribution < -0.4 is 4.74 Å². The maximum Gasteiger partial charge on any atom is 0.313 e. The van der Waals surface area contributed by atoms with Gasteiger partial charge in [-0.05, 0) is 25.5 Å². The van der Waals surface area contributed by atoms with E-state index in [1.807, 2.05) is 18.2 Å². The van der Waals surface area contributed by atoms with Crippen LogP contribution in [0.1, 0.15) is 26.1 Å². The highest BCUT2D eigenvalue weighted by Gasteiger charge is 2.14. The van der Waals surface area contributed by atoms with Gasteiger partial charge in [0, 0.05) is 12.6 Å². The van der Waals surface area contributed by atoms with Gasteiger partial charge in [-0.25, -0.2) is 4.98 Å². The van der Waals surface area contributed by atoms with Gasteiger partial charge in [-0.2, -0.15) is 0 Å². The Kier molecular flexibility index (Phi) is 4.61. The van der Waals surface area contributed by atoms with Crippen molar-refractivity contribution in [2.24, 2.45) is 0 Å². The van der Waals surface area contributed by atoms with E-state index in [2.05, 4.69) is 16.5 Å². The molecule has 5 nitrogen and oxygen atoms in total. The molecule has 0 fully saturated rings. The molecular weight excluding hydrogens is 256 g/mol. The van der Waals surface area contributed by atoms with E-state index in [0.717, 1.165) is 35.6 Å². The molecule has 1 heterocycles. The third-order valence-electron chi connectivity index (χ3n) is 3.09. The largest absolute Gasteiger partial charge is 0.497 e. The Hall–Kier alpha value is -2.04. The quantitative estimate of drug-likeness (QED) is 0.761. The van der Waals surface area contributed by atoms with Crippen molar-refractivity contribution in [3.8, 4) is 5.75 Å². The predicted octanol–water partition coefficient (Wildman–Crippen LogP) is 2.56. The topological polar surface area (TPSA) is 53.4 Å². The van der Waals surface area contributed by atoms with E-state index < -0.39 is 0 Å². The second-order valence-corrected chi connectivity index (χ2v) is 4.52. The number of rotatable bonds is 6. The van der Waals surface area contributed by atoms with E-state index >= 15 is 0 Å². The highest BCUT2D eigenvalue weighted by molar-refractivity contribution is 5.80. The SMILES string of the molecule is CCCn1c(CC(=O)OCC)nc2cc(OC)ccc21. The molecule has 0 N–H and O–H groups in total. The molecule has 0 saturated carbocycles. The number of esters is 1. The lowest BCUT2D eigenvalue weighted by Crippen LogP contribution is -2.12. The van der Waals surface area contributed by atoms with Gasteiger partial charge in [0.1, 0.15) is 18.0 Å². The van der Waals surface area contributed by atoms with Gasteiger partial charge in [-0.1, -0.05) is 6.92 Å². The molecule has 0 saturated heterocycles. The first-order valence-electron chi connectivity index (χ1n) is 6.88. The predicted molar refractivity (Wildman–Crippen MR) is 76.9 cm³/mol. The maximum absolute atomic E-state index is 11.7. The fraction of sp³-hybridized carbons (Fsp3) is 0.467. The summed E-state index contributed by atoms with van der Waals surface area (Å²) >= 11 is 0. The molecule has 0 aliphatic carbocycles. The standard InChI is InChI=1S/C15H20N2O3/c1-4-8-17-13-7-6-11(19-3)9-12(13)16-14(17)10-15(18)20-5-2/h6-7,9H,4-5,8,10H2,1-3H3. The Balaban J connectivity index is 2.41. The van der Waals surface area contributed by atoms with Gasteiger partial charge in [0.05, 0.1) is 24.8 Å². The second kappa shape index (κ2) is 6.41. The minimum absolute atomic E-state index is 0.199. The molecule has 108 valence electrons. The molecule has 0 atom stereocenters. The average Bonchev–Trinajstić information content (AvgIpc) is 2.76. The zero-order valence-corrected chi connectivity index (χ0v) is 12.2. The number of carbonyl (C=O) groups is 1. The van der Waals surface area contributed by atoms with Crippen LogP contribution in [-0.2, 0) is 22.5 Å². The Morgan fingerprint density at radius 2 is 2.15 bits per heavy atom. The molecular formula is C15H20N2O3. The van der Waals surface area contributed by atoms with Crippen molar-refractivity contribution in [2.75, 3.05) is 13.7 Å². The summed E-state index contributed by atoms with van der Waals surface area (Å²) in [6, 6.07) is 5.77. The summed E-state index contributed by atoms with van der Waals surface area (Å²) in [5.74, 6) is 1.27. The number of carbonyl (C=O) groups excluding carboxylic acids is 1. The first kappa shape index (κ1) is 14.4. The van der Waals surface area contributed by atoms with Crippen LogP contribution in [0, 0.1) is 0 Å². The monoisotopic (exact) mass is 276 g/mol. The number of hydrogen-bond acceptors (Lipinski definition) is 4. The molecule has 0 amide bonds. The van der Waals surface area contributed by atoms with Gasteiger partial charge in [0.25, 0.3) is 0 Å². The van der Waals surface area contributed by atoms with E-state index in [1.165, 1.54) is 0 Å². The summed E-state index contributed by atoms with van der Waals surface area (Å²) in [5.41, 5.74) is 1.86. The van der Waals surface area contributed by atoms with E-state index in [0.29, 0.717) is 6.61 Å². The number of imidazole rings is 1. The fourth-order valence-corrected chi connectivity index (χ4v) is 2.24. The van der Waals surface area contributed by atoms with Gasteiger partial charge >= 0.3 is 5.97 Å². The van der Waals surface area contributed by atoms with Gasteiger partial charge in [-0.3, -0.25) is 4.79 Å². The number of benzene rings is 1. The van der Waals surface area contributed by atoms with Crippen LogP contribution >= 0.6 is 0 Å². The summed E-state index contributed by atoms with van der Waals surface area (Å²) in [6.45, 7) is 5.12. The number of nitrogens with zero attached hydrogens (tertiary/aromatic N) is 2. The van der Waals surface area contributed by atoms with Crippen molar-refractivity contribution < 1.29 is 14.3 Å². The molecule has 0 spiro atoms. The summed E-state index contributed by atoms with van der Waals surface area (Å²) in [7, 11) is 1.63. The van der Waals surface area contributed by atoms with Crippen LogP contribution in [0.5, 0.6) is 5.75 Å². The summed E-state index contributed by atoms with van der Waals surface area (Å²) in [4.78, 5) is 16.2. The van der Waals surface area contributed by atoms with Crippen molar-refractivity contribution in [1.29, 1.82) is 0 Å². The van der Waals surface area contributed by atoms with Crippen LogP contribution in [0.3, 0.4) is 0 Å². The van der Waals surface area contributed by atoms with Crippen molar-refractivity contribution in [2.45, 2.75) is 33.2 Å². The van der Waals surface area contributed by atoms with Crippen LogP contribution in [0.2, 0.25) is 0 Å². The smallest absolute Gasteiger partial charge is 0.313 e. The fourth-order valence-electron chi connectivity index (χ4n) is 2.24. The molecule has 0 unspecified atom stereocenters. The molecule has 20 heavy (non-hydrogen) atoms. The first-order chi connectivity index (χ1) is 9.69. The normalized spacial score (nSPS) is 10.8. The number of aryl methyl sites for hydroxylation is 1. The highest BCUT2D eigenvalue weighted by atomic mass is 16.5. The molecule has 1 aromatic carbocycles.